The molecule has 0 aliphatic heterocycles. The molecule has 0 saturated carbocycles. The lowest BCUT2D eigenvalue weighted by Gasteiger charge is -2.16. The number of benzene rings is 1. The molecule has 3 aromatic rings. The molecule has 3 rings (SSSR count). The Morgan fingerprint density at radius 3 is 2.72 bits per heavy atom. The summed E-state index contributed by atoms with van der Waals surface area (Å²) in [6.07, 6.45) is 0. The Kier molecular flexibility index (Phi) is 4.67. The highest BCUT2D eigenvalue weighted by Gasteiger charge is 2.13. The molecule has 3 N–H and O–H groups in total. The fourth-order valence-corrected chi connectivity index (χ4v) is 2.62. The van der Waals surface area contributed by atoms with Gasteiger partial charge >= 0.3 is 0 Å². The summed E-state index contributed by atoms with van der Waals surface area (Å²) in [4.78, 5) is 18.1. The van der Waals surface area contributed by atoms with E-state index in [0.29, 0.717) is 12.4 Å². The maximum Gasteiger partial charge on any atom is 0.252 e. The molecule has 8 heteroatoms. The fraction of sp³-hybridized carbons (Fsp3) is 0.176. The molecule has 0 fully saturated rings. The maximum absolute atomic E-state index is 11.6. The van der Waals surface area contributed by atoms with Crippen molar-refractivity contribution >= 4 is 40.0 Å². The number of para-hydroxylation sites is 1. The number of primary amides is 1. The lowest BCUT2D eigenvalue weighted by atomic mass is 10.1. The largest absolute Gasteiger partial charge is 0.365 e. The molecule has 2 heterocycles. The molecule has 128 valence electrons. The number of carbonyl (C=O) groups excluding carboxylic acids is 1. The number of rotatable bonds is 5. The summed E-state index contributed by atoms with van der Waals surface area (Å²) < 4.78 is 0. The first-order chi connectivity index (χ1) is 12.0. The van der Waals surface area contributed by atoms with Gasteiger partial charge in [-0.05, 0) is 23.8 Å². The SMILES string of the molecule is CN(C)c1cc(CNc2nnc(Cl)cc2C(N)=O)c2ccccc2n1. The van der Waals surface area contributed by atoms with Gasteiger partial charge in [0.15, 0.2) is 11.0 Å². The number of nitrogens with two attached hydrogens (primary N) is 1. The summed E-state index contributed by atoms with van der Waals surface area (Å²) in [6, 6.07) is 11.3. The average Bonchev–Trinajstić information content (AvgIpc) is 2.59. The summed E-state index contributed by atoms with van der Waals surface area (Å²) in [5.74, 6) is 0.518. The number of hydrogen-bond donors (Lipinski definition) is 2. The van der Waals surface area contributed by atoms with E-state index in [-0.39, 0.29) is 10.7 Å². The van der Waals surface area contributed by atoms with Crippen molar-refractivity contribution in [2.75, 3.05) is 24.3 Å². The molecule has 0 saturated heterocycles. The maximum atomic E-state index is 11.6. The van der Waals surface area contributed by atoms with E-state index in [9.17, 15) is 4.79 Å². The standard InChI is InChI=1S/C17H17ClN6O/c1-24(2)15-7-10(11-5-3-4-6-13(11)21-15)9-20-17-12(16(19)25)8-14(18)22-23-17/h3-8H,9H2,1-2H3,(H2,19,25)(H,20,23). The van der Waals surface area contributed by atoms with Gasteiger partial charge in [-0.1, -0.05) is 29.8 Å². The number of aromatic nitrogens is 3. The highest BCUT2D eigenvalue weighted by Crippen LogP contribution is 2.23. The molecule has 1 aromatic carbocycles. The van der Waals surface area contributed by atoms with Gasteiger partial charge in [-0.3, -0.25) is 4.79 Å². The molecule has 0 unspecified atom stereocenters. The highest BCUT2D eigenvalue weighted by atomic mass is 35.5. The summed E-state index contributed by atoms with van der Waals surface area (Å²) in [6.45, 7) is 0.431. The Morgan fingerprint density at radius 2 is 2.00 bits per heavy atom. The van der Waals surface area contributed by atoms with Crippen molar-refractivity contribution in [3.8, 4) is 0 Å². The van der Waals surface area contributed by atoms with E-state index in [4.69, 9.17) is 17.3 Å². The molecule has 0 spiro atoms. The van der Waals surface area contributed by atoms with Crippen LogP contribution in [-0.2, 0) is 6.54 Å². The van der Waals surface area contributed by atoms with Gasteiger partial charge in [-0.25, -0.2) is 4.98 Å². The molecule has 0 aliphatic carbocycles. The van der Waals surface area contributed by atoms with Gasteiger partial charge in [0.05, 0.1) is 11.1 Å². The first-order valence-electron chi connectivity index (χ1n) is 7.58. The van der Waals surface area contributed by atoms with Crippen molar-refractivity contribution in [3.63, 3.8) is 0 Å². The minimum absolute atomic E-state index is 0.114. The van der Waals surface area contributed by atoms with Crippen molar-refractivity contribution in [2.45, 2.75) is 6.54 Å². The zero-order valence-electron chi connectivity index (χ0n) is 13.8. The van der Waals surface area contributed by atoms with Crippen LogP contribution in [0.3, 0.4) is 0 Å². The molecule has 0 aliphatic rings. The van der Waals surface area contributed by atoms with E-state index in [2.05, 4.69) is 20.5 Å². The lowest BCUT2D eigenvalue weighted by Crippen LogP contribution is -2.17. The molecule has 2 aromatic heterocycles. The lowest BCUT2D eigenvalue weighted by molar-refractivity contribution is 0.100. The van der Waals surface area contributed by atoms with Crippen molar-refractivity contribution < 1.29 is 4.79 Å². The number of carbonyl (C=O) groups is 1. The molecule has 25 heavy (non-hydrogen) atoms. The third kappa shape index (κ3) is 3.61. The van der Waals surface area contributed by atoms with Gasteiger partial charge in [0.1, 0.15) is 5.82 Å². The molecule has 7 nitrogen and oxygen atoms in total. The van der Waals surface area contributed by atoms with E-state index in [1.165, 1.54) is 6.07 Å². The third-order valence-electron chi connectivity index (χ3n) is 3.72. The van der Waals surface area contributed by atoms with Crippen LogP contribution in [0.2, 0.25) is 5.15 Å². The fourth-order valence-electron chi connectivity index (χ4n) is 2.47. The van der Waals surface area contributed by atoms with Crippen LogP contribution in [0.4, 0.5) is 11.6 Å². The van der Waals surface area contributed by atoms with Crippen molar-refractivity contribution in [2.24, 2.45) is 5.73 Å². The molecular weight excluding hydrogens is 340 g/mol. The second kappa shape index (κ2) is 6.90. The van der Waals surface area contributed by atoms with Crippen LogP contribution < -0.4 is 16.0 Å². The first-order valence-corrected chi connectivity index (χ1v) is 7.96. The van der Waals surface area contributed by atoms with Crippen molar-refractivity contribution in [1.29, 1.82) is 0 Å². The Balaban J connectivity index is 1.97. The van der Waals surface area contributed by atoms with Gasteiger partial charge in [-0.15, -0.1) is 10.2 Å². The first kappa shape index (κ1) is 16.9. The van der Waals surface area contributed by atoms with Crippen molar-refractivity contribution in [1.82, 2.24) is 15.2 Å². The van der Waals surface area contributed by atoms with E-state index < -0.39 is 5.91 Å². The highest BCUT2D eigenvalue weighted by molar-refractivity contribution is 6.29. The van der Waals surface area contributed by atoms with Gasteiger partial charge < -0.3 is 16.0 Å². The quantitative estimate of drug-likeness (QED) is 0.728. The second-order valence-electron chi connectivity index (χ2n) is 5.70. The van der Waals surface area contributed by atoms with Gasteiger partial charge in [0.2, 0.25) is 0 Å². The van der Waals surface area contributed by atoms with Gasteiger partial charge in [0.25, 0.3) is 5.91 Å². The summed E-state index contributed by atoms with van der Waals surface area (Å²) >= 11 is 5.79. The predicted molar refractivity (Wildman–Crippen MR) is 99.0 cm³/mol. The van der Waals surface area contributed by atoms with Crippen LogP contribution in [0.15, 0.2) is 36.4 Å². The van der Waals surface area contributed by atoms with Crippen LogP contribution in [-0.4, -0.2) is 35.2 Å². The monoisotopic (exact) mass is 356 g/mol. The van der Waals surface area contributed by atoms with Gasteiger partial charge in [-0.2, -0.15) is 0 Å². The Bertz CT molecular complexity index is 944. The number of nitrogens with zero attached hydrogens (tertiary/aromatic N) is 4. The number of hydrogen-bond acceptors (Lipinski definition) is 6. The van der Waals surface area contributed by atoms with Crippen LogP contribution in [0, 0.1) is 0 Å². The van der Waals surface area contributed by atoms with Crippen LogP contribution in [0.25, 0.3) is 10.9 Å². The van der Waals surface area contributed by atoms with E-state index in [1.54, 1.807) is 0 Å². The zero-order chi connectivity index (χ0) is 18.0. The molecule has 0 radical (unpaired) electrons. The van der Waals surface area contributed by atoms with Crippen molar-refractivity contribution in [3.05, 3.63) is 52.7 Å². The smallest absolute Gasteiger partial charge is 0.252 e. The third-order valence-corrected chi connectivity index (χ3v) is 3.91. The number of fused-ring (bicyclic) bond motifs is 1. The van der Waals surface area contributed by atoms with Crippen LogP contribution >= 0.6 is 11.6 Å². The van der Waals surface area contributed by atoms with E-state index in [1.807, 2.05) is 49.3 Å². The Morgan fingerprint density at radius 1 is 1.24 bits per heavy atom. The molecule has 1 amide bonds. The topological polar surface area (TPSA) is 97.0 Å². The van der Waals surface area contributed by atoms with Gasteiger partial charge in [0, 0.05) is 26.0 Å². The minimum atomic E-state index is -0.618. The second-order valence-corrected chi connectivity index (χ2v) is 6.09. The number of amides is 1. The van der Waals surface area contributed by atoms with E-state index in [0.717, 1.165) is 22.3 Å². The molecule has 0 bridgehead atoms. The summed E-state index contributed by atoms with van der Waals surface area (Å²) in [7, 11) is 3.87. The zero-order valence-corrected chi connectivity index (χ0v) is 14.6. The minimum Gasteiger partial charge on any atom is -0.365 e. The normalized spacial score (nSPS) is 10.7. The molecule has 0 atom stereocenters. The number of anilines is 2. The van der Waals surface area contributed by atoms with Crippen LogP contribution in [0.1, 0.15) is 15.9 Å². The Labute approximate surface area is 149 Å². The van der Waals surface area contributed by atoms with E-state index >= 15 is 0 Å². The predicted octanol–water partition coefficient (Wildman–Crippen LogP) is 2.46. The number of pyridine rings is 1. The number of nitrogens with one attached hydrogen (secondary N) is 1. The number of halogens is 1. The summed E-state index contributed by atoms with van der Waals surface area (Å²) in [5, 5.41) is 11.9. The van der Waals surface area contributed by atoms with Crippen LogP contribution in [0.5, 0.6) is 0 Å². The summed E-state index contributed by atoms with van der Waals surface area (Å²) in [5.41, 5.74) is 7.49. The Hall–Kier alpha value is -2.93. The molecular formula is C17H17ClN6O. The average molecular weight is 357 g/mol.